The van der Waals surface area contributed by atoms with Gasteiger partial charge in [0.2, 0.25) is 0 Å². The molecule has 1 saturated heterocycles. The van der Waals surface area contributed by atoms with Crippen molar-refractivity contribution < 1.29 is 14.0 Å². The summed E-state index contributed by atoms with van der Waals surface area (Å²) in [7, 11) is 1.20. The molecule has 0 aromatic carbocycles. The van der Waals surface area contributed by atoms with Crippen molar-refractivity contribution in [3.8, 4) is 5.75 Å². The van der Waals surface area contributed by atoms with Gasteiger partial charge in [-0.05, 0) is 49.7 Å². The van der Waals surface area contributed by atoms with E-state index in [1.165, 1.54) is 0 Å². The van der Waals surface area contributed by atoms with E-state index in [4.69, 9.17) is 14.0 Å². The molecule has 7 heteroatoms. The zero-order valence-corrected chi connectivity index (χ0v) is 14.4. The third-order valence-electron chi connectivity index (χ3n) is 4.29. The fourth-order valence-corrected chi connectivity index (χ4v) is 2.68. The lowest BCUT2D eigenvalue weighted by Crippen LogP contribution is -2.41. The zero-order chi connectivity index (χ0) is 15.4. The molecular formula is C14H18BBrN2O3. The number of imidazole rings is 1. The predicted molar refractivity (Wildman–Crippen MR) is 85.2 cm³/mol. The Bertz CT molecular complexity index is 683. The smallest absolute Gasteiger partial charge is 0.493 e. The number of ether oxygens (including phenoxy) is 1. The first-order valence-electron chi connectivity index (χ1n) is 6.81. The Hall–Kier alpha value is -1.05. The maximum absolute atomic E-state index is 6.09. The van der Waals surface area contributed by atoms with Gasteiger partial charge < -0.3 is 14.0 Å². The standard InChI is InChI=1S/C14H18BBrN2O3/c1-13(2)14(3,4)21-15(20-13)9-6-10(19-5)12-17-7-11(16)18(12)8-9/h6-8H,1-5H3. The van der Waals surface area contributed by atoms with Crippen molar-refractivity contribution in [3.63, 3.8) is 0 Å². The molecule has 0 unspecified atom stereocenters. The van der Waals surface area contributed by atoms with Crippen LogP contribution in [0.3, 0.4) is 0 Å². The van der Waals surface area contributed by atoms with Crippen LogP contribution in [-0.4, -0.2) is 34.8 Å². The number of hydrogen-bond donors (Lipinski definition) is 0. The average molecular weight is 353 g/mol. The third kappa shape index (κ3) is 2.27. The molecule has 0 radical (unpaired) electrons. The molecule has 0 N–H and O–H groups in total. The third-order valence-corrected chi connectivity index (χ3v) is 4.88. The summed E-state index contributed by atoms with van der Waals surface area (Å²) in [5.74, 6) is 0.688. The van der Waals surface area contributed by atoms with Crippen LogP contribution in [0.1, 0.15) is 27.7 Å². The van der Waals surface area contributed by atoms with Gasteiger partial charge in [0.25, 0.3) is 0 Å². The highest BCUT2D eigenvalue weighted by Crippen LogP contribution is 2.36. The van der Waals surface area contributed by atoms with Crippen LogP contribution in [0.4, 0.5) is 0 Å². The second-order valence-electron chi connectivity index (χ2n) is 6.20. The first kappa shape index (κ1) is 14.9. The molecular weight excluding hydrogens is 335 g/mol. The van der Waals surface area contributed by atoms with Crippen LogP contribution in [0.25, 0.3) is 5.65 Å². The molecule has 2 aromatic rings. The highest BCUT2D eigenvalue weighted by Gasteiger charge is 2.52. The van der Waals surface area contributed by atoms with Crippen LogP contribution in [0.2, 0.25) is 0 Å². The molecule has 21 heavy (non-hydrogen) atoms. The van der Waals surface area contributed by atoms with Crippen LogP contribution in [0.5, 0.6) is 5.75 Å². The lowest BCUT2D eigenvalue weighted by atomic mass is 9.80. The Morgan fingerprint density at radius 2 is 1.86 bits per heavy atom. The largest absolute Gasteiger partial charge is 0.496 e. The van der Waals surface area contributed by atoms with E-state index in [0.717, 1.165) is 15.7 Å². The van der Waals surface area contributed by atoms with Gasteiger partial charge in [-0.1, -0.05) is 0 Å². The molecule has 0 spiro atoms. The van der Waals surface area contributed by atoms with Crippen molar-refractivity contribution in [2.75, 3.05) is 7.11 Å². The lowest BCUT2D eigenvalue weighted by Gasteiger charge is -2.32. The highest BCUT2D eigenvalue weighted by molar-refractivity contribution is 9.10. The maximum atomic E-state index is 6.09. The normalized spacial score (nSPS) is 20.2. The van der Waals surface area contributed by atoms with E-state index in [2.05, 4.69) is 20.9 Å². The molecule has 0 atom stereocenters. The molecule has 5 nitrogen and oxygen atoms in total. The van der Waals surface area contributed by atoms with Gasteiger partial charge in [-0.25, -0.2) is 4.98 Å². The van der Waals surface area contributed by atoms with Gasteiger partial charge in [-0.2, -0.15) is 0 Å². The summed E-state index contributed by atoms with van der Waals surface area (Å²) >= 11 is 3.48. The molecule has 0 saturated carbocycles. The Morgan fingerprint density at radius 1 is 1.24 bits per heavy atom. The monoisotopic (exact) mass is 352 g/mol. The molecule has 0 amide bonds. The number of methoxy groups -OCH3 is 1. The zero-order valence-electron chi connectivity index (χ0n) is 12.8. The fraction of sp³-hybridized carbons (Fsp3) is 0.500. The van der Waals surface area contributed by atoms with Crippen molar-refractivity contribution in [1.82, 2.24) is 9.38 Å². The van der Waals surface area contributed by atoms with E-state index < -0.39 is 7.12 Å². The van der Waals surface area contributed by atoms with Crippen molar-refractivity contribution >= 4 is 34.2 Å². The summed E-state index contributed by atoms with van der Waals surface area (Å²) in [5.41, 5.74) is 0.916. The fourth-order valence-electron chi connectivity index (χ4n) is 2.31. The molecule has 3 rings (SSSR count). The number of fused-ring (bicyclic) bond motifs is 1. The predicted octanol–water partition coefficient (Wildman–Crippen LogP) is 2.40. The quantitative estimate of drug-likeness (QED) is 0.778. The van der Waals surface area contributed by atoms with Crippen molar-refractivity contribution in [3.05, 3.63) is 23.1 Å². The van der Waals surface area contributed by atoms with E-state index in [0.29, 0.717) is 5.75 Å². The van der Waals surface area contributed by atoms with Gasteiger partial charge in [0.1, 0.15) is 4.60 Å². The van der Waals surface area contributed by atoms with Gasteiger partial charge in [0.05, 0.1) is 24.5 Å². The lowest BCUT2D eigenvalue weighted by molar-refractivity contribution is 0.00578. The van der Waals surface area contributed by atoms with Gasteiger partial charge in [0, 0.05) is 11.7 Å². The summed E-state index contributed by atoms with van der Waals surface area (Å²) < 4.78 is 20.4. The molecule has 0 bridgehead atoms. The topological polar surface area (TPSA) is 45.0 Å². The maximum Gasteiger partial charge on any atom is 0.496 e. The molecule has 1 fully saturated rings. The van der Waals surface area contributed by atoms with E-state index in [1.54, 1.807) is 13.3 Å². The van der Waals surface area contributed by atoms with Crippen molar-refractivity contribution in [2.24, 2.45) is 0 Å². The van der Waals surface area contributed by atoms with Gasteiger partial charge in [0.15, 0.2) is 11.4 Å². The van der Waals surface area contributed by atoms with E-state index in [9.17, 15) is 0 Å². The molecule has 3 heterocycles. The molecule has 1 aliphatic rings. The van der Waals surface area contributed by atoms with Crippen LogP contribution < -0.4 is 10.2 Å². The van der Waals surface area contributed by atoms with Crippen LogP contribution in [-0.2, 0) is 9.31 Å². The summed E-state index contributed by atoms with van der Waals surface area (Å²) in [6, 6.07) is 1.91. The molecule has 0 aliphatic carbocycles. The Balaban J connectivity index is 2.08. The molecule has 112 valence electrons. The molecule has 1 aliphatic heterocycles. The van der Waals surface area contributed by atoms with Gasteiger partial charge in [-0.3, -0.25) is 4.40 Å². The van der Waals surface area contributed by atoms with Gasteiger partial charge >= 0.3 is 7.12 Å². The number of nitrogens with zero attached hydrogens (tertiary/aromatic N) is 2. The SMILES string of the molecule is COc1cc(B2OC(C)(C)C(C)(C)O2)cn2c(Br)cnc12. The first-order valence-corrected chi connectivity index (χ1v) is 7.60. The number of hydrogen-bond acceptors (Lipinski definition) is 4. The second kappa shape index (κ2) is 4.73. The Morgan fingerprint density at radius 3 is 2.43 bits per heavy atom. The van der Waals surface area contributed by atoms with Gasteiger partial charge in [-0.15, -0.1) is 0 Å². The summed E-state index contributed by atoms with van der Waals surface area (Å²) in [4.78, 5) is 4.32. The van der Waals surface area contributed by atoms with Crippen LogP contribution in [0.15, 0.2) is 23.1 Å². The summed E-state index contributed by atoms with van der Waals surface area (Å²) in [6.07, 6.45) is 3.70. The van der Waals surface area contributed by atoms with E-state index >= 15 is 0 Å². The number of pyridine rings is 1. The van der Waals surface area contributed by atoms with Crippen molar-refractivity contribution in [1.29, 1.82) is 0 Å². The number of aromatic nitrogens is 2. The van der Waals surface area contributed by atoms with E-state index in [-0.39, 0.29) is 11.2 Å². The first-order chi connectivity index (χ1) is 9.75. The summed E-state index contributed by atoms with van der Waals surface area (Å²) in [5, 5.41) is 0. The molecule has 2 aromatic heterocycles. The highest BCUT2D eigenvalue weighted by atomic mass is 79.9. The summed E-state index contributed by atoms with van der Waals surface area (Å²) in [6.45, 7) is 8.15. The Labute approximate surface area is 132 Å². The minimum Gasteiger partial charge on any atom is -0.493 e. The van der Waals surface area contributed by atoms with Crippen molar-refractivity contribution in [2.45, 2.75) is 38.9 Å². The van der Waals surface area contributed by atoms with E-state index in [1.807, 2.05) is 44.4 Å². The van der Waals surface area contributed by atoms with Crippen LogP contribution >= 0.6 is 15.9 Å². The number of rotatable bonds is 2. The number of halogens is 1. The Kier molecular flexibility index (Phi) is 3.35. The van der Waals surface area contributed by atoms with Crippen LogP contribution in [0, 0.1) is 0 Å². The minimum absolute atomic E-state index is 0.369. The average Bonchev–Trinajstić information content (AvgIpc) is 2.87. The second-order valence-corrected chi connectivity index (χ2v) is 7.02. The minimum atomic E-state index is -0.428.